The van der Waals surface area contributed by atoms with Gasteiger partial charge in [-0.25, -0.2) is 4.90 Å². The summed E-state index contributed by atoms with van der Waals surface area (Å²) in [5, 5.41) is 14.7. The molecule has 2 atom stereocenters. The van der Waals surface area contributed by atoms with E-state index in [0.29, 0.717) is 5.75 Å². The summed E-state index contributed by atoms with van der Waals surface area (Å²) in [7, 11) is 1.42. The standard InChI is InChI=1S/C19H14N4O6/c1-29-13-5-3-2-4-12(13)22-18(25)14-15(20-21-16(14)19(22)26)17(24)10-6-8-11(9-7-10)23(27)28/h2-9,14,16,21H,1H3. The van der Waals surface area contributed by atoms with Gasteiger partial charge in [-0.2, -0.15) is 5.10 Å². The smallest absolute Gasteiger partial charge is 0.269 e. The lowest BCUT2D eigenvalue weighted by Crippen LogP contribution is -2.36. The normalized spacial score (nSPS) is 20.2. The van der Waals surface area contributed by atoms with Gasteiger partial charge in [-0.05, 0) is 24.3 Å². The number of carbonyl (C=O) groups is 3. The van der Waals surface area contributed by atoms with E-state index in [2.05, 4.69) is 10.5 Å². The largest absolute Gasteiger partial charge is 0.495 e. The van der Waals surface area contributed by atoms with E-state index in [1.54, 1.807) is 24.3 Å². The molecule has 2 unspecified atom stereocenters. The number of nitrogens with zero attached hydrogens (tertiary/aromatic N) is 3. The molecule has 2 heterocycles. The highest BCUT2D eigenvalue weighted by molar-refractivity contribution is 6.52. The average molecular weight is 394 g/mol. The molecule has 146 valence electrons. The van der Waals surface area contributed by atoms with Gasteiger partial charge in [0.2, 0.25) is 11.7 Å². The molecule has 0 spiro atoms. The highest BCUT2D eigenvalue weighted by atomic mass is 16.6. The van der Waals surface area contributed by atoms with Crippen LogP contribution in [0.1, 0.15) is 10.4 Å². The number of ketones is 1. The summed E-state index contributed by atoms with van der Waals surface area (Å²) in [6.07, 6.45) is 0. The Labute approximate surface area is 163 Å². The molecule has 1 saturated heterocycles. The highest BCUT2D eigenvalue weighted by Gasteiger charge is 2.55. The molecule has 4 rings (SSSR count). The van der Waals surface area contributed by atoms with E-state index < -0.39 is 34.5 Å². The maximum absolute atomic E-state index is 13.0. The third-order valence-electron chi connectivity index (χ3n) is 4.82. The van der Waals surface area contributed by atoms with Crippen molar-refractivity contribution in [1.29, 1.82) is 0 Å². The zero-order valence-electron chi connectivity index (χ0n) is 15.1. The number of ether oxygens (including phenoxy) is 1. The SMILES string of the molecule is COc1ccccc1N1C(=O)C2NN=C(C(=O)c3ccc([N+](=O)[O-])cc3)C2C1=O. The van der Waals surface area contributed by atoms with Crippen LogP contribution in [0.25, 0.3) is 0 Å². The number of Topliss-reactive ketones (excluding diaryl/α,β-unsaturated/α-hetero) is 1. The van der Waals surface area contributed by atoms with Gasteiger partial charge in [0.05, 0.1) is 17.7 Å². The predicted molar refractivity (Wildman–Crippen MR) is 101 cm³/mol. The van der Waals surface area contributed by atoms with Crippen LogP contribution in [-0.4, -0.2) is 41.4 Å². The molecule has 2 amide bonds. The number of benzene rings is 2. The lowest BCUT2D eigenvalue weighted by molar-refractivity contribution is -0.384. The van der Waals surface area contributed by atoms with Gasteiger partial charge in [-0.15, -0.1) is 0 Å². The molecule has 2 aromatic rings. The number of nitro benzene ring substituents is 1. The van der Waals surface area contributed by atoms with E-state index in [-0.39, 0.29) is 22.6 Å². The molecule has 2 aliphatic rings. The Morgan fingerprint density at radius 1 is 1.14 bits per heavy atom. The third kappa shape index (κ3) is 2.81. The number of amides is 2. The van der Waals surface area contributed by atoms with Crippen molar-refractivity contribution in [3.05, 3.63) is 64.2 Å². The van der Waals surface area contributed by atoms with Gasteiger partial charge in [-0.1, -0.05) is 12.1 Å². The summed E-state index contributed by atoms with van der Waals surface area (Å²) in [4.78, 5) is 49.9. The fraction of sp³-hybridized carbons (Fsp3) is 0.158. The first-order chi connectivity index (χ1) is 13.9. The Hall–Kier alpha value is -4.08. The fourth-order valence-corrected chi connectivity index (χ4v) is 3.41. The number of imide groups is 1. The summed E-state index contributed by atoms with van der Waals surface area (Å²) in [6, 6.07) is 10.5. The molecule has 2 aliphatic heterocycles. The van der Waals surface area contributed by atoms with E-state index in [0.717, 1.165) is 4.90 Å². The summed E-state index contributed by atoms with van der Waals surface area (Å²) in [6.45, 7) is 0. The topological polar surface area (TPSA) is 131 Å². The number of non-ortho nitro benzene ring substituents is 1. The first-order valence-corrected chi connectivity index (χ1v) is 8.57. The third-order valence-corrected chi connectivity index (χ3v) is 4.82. The van der Waals surface area contributed by atoms with Crippen molar-refractivity contribution in [2.75, 3.05) is 12.0 Å². The van der Waals surface area contributed by atoms with E-state index in [1.165, 1.54) is 31.4 Å². The first kappa shape index (κ1) is 18.3. The second-order valence-electron chi connectivity index (χ2n) is 6.40. The van der Waals surface area contributed by atoms with Crippen LogP contribution < -0.4 is 15.1 Å². The van der Waals surface area contributed by atoms with E-state index in [9.17, 15) is 24.5 Å². The molecular weight excluding hydrogens is 380 g/mol. The number of nitrogens with one attached hydrogen (secondary N) is 1. The fourth-order valence-electron chi connectivity index (χ4n) is 3.41. The molecule has 2 aromatic carbocycles. The molecule has 1 N–H and O–H groups in total. The van der Waals surface area contributed by atoms with Gasteiger partial charge in [0.1, 0.15) is 23.4 Å². The minimum absolute atomic E-state index is 0.111. The number of nitro groups is 1. The quantitative estimate of drug-likeness (QED) is 0.350. The molecule has 0 saturated carbocycles. The predicted octanol–water partition coefficient (Wildman–Crippen LogP) is 1.30. The van der Waals surface area contributed by atoms with Crippen LogP contribution in [-0.2, 0) is 9.59 Å². The van der Waals surface area contributed by atoms with E-state index in [1.807, 2.05) is 0 Å². The summed E-state index contributed by atoms with van der Waals surface area (Å²) < 4.78 is 5.23. The number of para-hydroxylation sites is 2. The lowest BCUT2D eigenvalue weighted by atomic mass is 9.92. The molecule has 10 nitrogen and oxygen atoms in total. The van der Waals surface area contributed by atoms with Crippen LogP contribution in [0.15, 0.2) is 53.6 Å². The number of anilines is 1. The summed E-state index contributed by atoms with van der Waals surface area (Å²) >= 11 is 0. The molecule has 0 bridgehead atoms. The number of methoxy groups -OCH3 is 1. The average Bonchev–Trinajstić information content (AvgIpc) is 3.27. The summed E-state index contributed by atoms with van der Waals surface area (Å²) in [5.74, 6) is -2.46. The zero-order valence-corrected chi connectivity index (χ0v) is 15.1. The molecule has 0 radical (unpaired) electrons. The van der Waals surface area contributed by atoms with Crippen molar-refractivity contribution in [2.24, 2.45) is 11.0 Å². The second kappa shape index (κ2) is 6.82. The van der Waals surface area contributed by atoms with E-state index in [4.69, 9.17) is 4.74 Å². The van der Waals surface area contributed by atoms with Crippen molar-refractivity contribution in [3.63, 3.8) is 0 Å². The Balaban J connectivity index is 1.65. The van der Waals surface area contributed by atoms with Crippen LogP contribution in [0.2, 0.25) is 0 Å². The number of hydrogen-bond acceptors (Lipinski definition) is 8. The van der Waals surface area contributed by atoms with Gasteiger partial charge in [-0.3, -0.25) is 29.9 Å². The Morgan fingerprint density at radius 2 is 1.83 bits per heavy atom. The van der Waals surface area contributed by atoms with Crippen molar-refractivity contribution in [1.82, 2.24) is 5.43 Å². The summed E-state index contributed by atoms with van der Waals surface area (Å²) in [5.41, 5.74) is 2.71. The zero-order chi connectivity index (χ0) is 20.7. The van der Waals surface area contributed by atoms with Crippen LogP contribution in [0, 0.1) is 16.0 Å². The second-order valence-corrected chi connectivity index (χ2v) is 6.40. The molecule has 29 heavy (non-hydrogen) atoms. The first-order valence-electron chi connectivity index (χ1n) is 8.57. The van der Waals surface area contributed by atoms with Crippen LogP contribution in [0.3, 0.4) is 0 Å². The minimum Gasteiger partial charge on any atom is -0.495 e. The van der Waals surface area contributed by atoms with E-state index >= 15 is 0 Å². The van der Waals surface area contributed by atoms with Gasteiger partial charge in [0, 0.05) is 17.7 Å². The number of rotatable bonds is 5. The number of hydrazone groups is 1. The number of hydrogen-bond donors (Lipinski definition) is 1. The molecule has 0 aromatic heterocycles. The monoisotopic (exact) mass is 394 g/mol. The Kier molecular flexibility index (Phi) is 4.30. The highest BCUT2D eigenvalue weighted by Crippen LogP contribution is 2.36. The van der Waals surface area contributed by atoms with Gasteiger partial charge >= 0.3 is 0 Å². The van der Waals surface area contributed by atoms with Crippen LogP contribution in [0.5, 0.6) is 5.75 Å². The Bertz CT molecular complexity index is 1080. The van der Waals surface area contributed by atoms with Gasteiger partial charge in [0.15, 0.2) is 0 Å². The van der Waals surface area contributed by atoms with Crippen molar-refractivity contribution < 1.29 is 24.0 Å². The maximum Gasteiger partial charge on any atom is 0.269 e. The van der Waals surface area contributed by atoms with Crippen LogP contribution in [0.4, 0.5) is 11.4 Å². The van der Waals surface area contributed by atoms with Gasteiger partial charge in [0.25, 0.3) is 11.6 Å². The molecular formula is C19H14N4O6. The number of fused-ring (bicyclic) bond motifs is 1. The van der Waals surface area contributed by atoms with Crippen LogP contribution >= 0.6 is 0 Å². The minimum atomic E-state index is -1.09. The molecule has 0 aliphatic carbocycles. The molecule has 10 heteroatoms. The van der Waals surface area contributed by atoms with Crippen molar-refractivity contribution >= 4 is 34.7 Å². The Morgan fingerprint density at radius 3 is 2.48 bits per heavy atom. The lowest BCUT2D eigenvalue weighted by Gasteiger charge is -2.18. The molecule has 1 fully saturated rings. The van der Waals surface area contributed by atoms with Crippen molar-refractivity contribution in [3.8, 4) is 5.75 Å². The maximum atomic E-state index is 13.0. The van der Waals surface area contributed by atoms with Gasteiger partial charge < -0.3 is 4.74 Å². The van der Waals surface area contributed by atoms with Crippen molar-refractivity contribution in [2.45, 2.75) is 6.04 Å². The number of carbonyl (C=O) groups excluding carboxylic acids is 3.